The van der Waals surface area contributed by atoms with E-state index in [0.29, 0.717) is 17.7 Å². The Hall–Kier alpha value is -4.34. The Kier molecular flexibility index (Phi) is 12.1. The van der Waals surface area contributed by atoms with E-state index in [2.05, 4.69) is 140 Å². The smallest absolute Gasteiger partial charge is 0.221 e. The van der Waals surface area contributed by atoms with Gasteiger partial charge in [-0.15, -0.1) is 0 Å². The van der Waals surface area contributed by atoms with Gasteiger partial charge in [0.25, 0.3) is 0 Å². The zero-order valence-electron chi connectivity index (χ0n) is 33.7. The Morgan fingerprint density at radius 3 is 1.24 bits per heavy atom. The average molecular weight is 759 g/mol. The molecule has 2 atom stereocenters. The van der Waals surface area contributed by atoms with Crippen molar-refractivity contribution in [2.24, 2.45) is 4.99 Å². The summed E-state index contributed by atoms with van der Waals surface area (Å²) in [7, 11) is 4.47. The molecule has 0 saturated carbocycles. The summed E-state index contributed by atoms with van der Waals surface area (Å²) in [5, 5.41) is 7.24. The molecule has 8 heteroatoms. The van der Waals surface area contributed by atoms with Gasteiger partial charge in [-0.1, -0.05) is 117 Å². The molecular formula is C46H52N2O4P2. The molecule has 6 nitrogen and oxygen atoms in total. The van der Waals surface area contributed by atoms with Crippen LogP contribution in [0.4, 0.5) is 0 Å². The van der Waals surface area contributed by atoms with Crippen molar-refractivity contribution in [2.75, 3.05) is 28.4 Å². The fourth-order valence-electron chi connectivity index (χ4n) is 7.82. The van der Waals surface area contributed by atoms with Crippen LogP contribution in [-0.4, -0.2) is 45.5 Å². The Morgan fingerprint density at radius 2 is 0.889 bits per heavy atom. The molecule has 1 aliphatic heterocycles. The second-order valence-electron chi connectivity index (χ2n) is 14.5. The minimum Gasteiger partial charge on any atom is -0.481 e. The van der Waals surface area contributed by atoms with E-state index in [1.54, 1.807) is 28.4 Å². The number of dihydropyridines is 1. The minimum atomic E-state index is -1.16. The van der Waals surface area contributed by atoms with Gasteiger partial charge in [0.1, 0.15) is 0 Å². The summed E-state index contributed by atoms with van der Waals surface area (Å²) in [6, 6.07) is 29.7. The van der Waals surface area contributed by atoms with Gasteiger partial charge in [-0.05, 0) is 103 Å². The Labute approximate surface area is 324 Å². The van der Waals surface area contributed by atoms with Gasteiger partial charge in [0.2, 0.25) is 17.7 Å². The number of hydrogen-bond acceptors (Lipinski definition) is 6. The first-order valence-corrected chi connectivity index (χ1v) is 20.9. The van der Waals surface area contributed by atoms with Gasteiger partial charge < -0.3 is 18.9 Å². The maximum Gasteiger partial charge on any atom is 0.221 e. The molecule has 0 fully saturated rings. The number of hydrogen-bond donors (Lipinski definition) is 0. The number of pyridine rings is 1. The number of methoxy groups -OCH3 is 4. The fraction of sp³-hybridized carbons (Fsp3) is 0.304. The molecule has 5 aromatic rings. The van der Waals surface area contributed by atoms with E-state index in [4.69, 9.17) is 28.9 Å². The summed E-state index contributed by atoms with van der Waals surface area (Å²) >= 11 is 0. The summed E-state index contributed by atoms with van der Waals surface area (Å²) in [6.07, 6.45) is 1.52. The maximum atomic E-state index is 6.41. The molecule has 280 valence electrons. The zero-order valence-corrected chi connectivity index (χ0v) is 35.4. The molecule has 1 aromatic heterocycles. The van der Waals surface area contributed by atoms with Crippen LogP contribution >= 0.6 is 15.8 Å². The van der Waals surface area contributed by atoms with Gasteiger partial charge in [-0.3, -0.25) is 0 Å². The van der Waals surface area contributed by atoms with E-state index in [-0.39, 0.29) is 5.92 Å². The van der Waals surface area contributed by atoms with Crippen LogP contribution in [0.2, 0.25) is 0 Å². The molecule has 0 amide bonds. The lowest BCUT2D eigenvalue weighted by Gasteiger charge is -2.37. The highest BCUT2D eigenvalue weighted by molar-refractivity contribution is 7.80. The van der Waals surface area contributed by atoms with E-state index in [1.165, 1.54) is 65.7 Å². The summed E-state index contributed by atoms with van der Waals surface area (Å²) in [6.45, 7) is 17.4. The van der Waals surface area contributed by atoms with Crippen molar-refractivity contribution < 1.29 is 18.9 Å². The Balaban J connectivity index is 1.75. The van der Waals surface area contributed by atoms with Gasteiger partial charge in [-0.25, -0.2) is 4.99 Å². The lowest BCUT2D eigenvalue weighted by Crippen LogP contribution is -2.34. The van der Waals surface area contributed by atoms with Crippen LogP contribution in [0.3, 0.4) is 0 Å². The van der Waals surface area contributed by atoms with E-state index in [9.17, 15) is 0 Å². The third-order valence-electron chi connectivity index (χ3n) is 9.63. The fourth-order valence-corrected chi connectivity index (χ4v) is 13.7. The van der Waals surface area contributed by atoms with Crippen LogP contribution in [0.15, 0.2) is 95.2 Å². The molecule has 0 saturated heterocycles. The van der Waals surface area contributed by atoms with E-state index >= 15 is 0 Å². The second kappa shape index (κ2) is 16.6. The first-order chi connectivity index (χ1) is 25.8. The lowest BCUT2D eigenvalue weighted by atomic mass is 9.95. The van der Waals surface area contributed by atoms with Crippen molar-refractivity contribution in [3.8, 4) is 11.8 Å². The van der Waals surface area contributed by atoms with Crippen LogP contribution in [0.5, 0.6) is 11.8 Å². The number of rotatable bonds is 10. The van der Waals surface area contributed by atoms with Gasteiger partial charge in [0.15, 0.2) is 6.23 Å². The Morgan fingerprint density at radius 1 is 0.481 bits per heavy atom. The van der Waals surface area contributed by atoms with Crippen molar-refractivity contribution in [2.45, 2.75) is 67.5 Å². The van der Waals surface area contributed by atoms with Crippen molar-refractivity contribution in [3.63, 3.8) is 0 Å². The molecule has 1 unspecified atom stereocenters. The summed E-state index contributed by atoms with van der Waals surface area (Å²) in [5.41, 5.74) is 10.7. The van der Waals surface area contributed by atoms with Crippen molar-refractivity contribution >= 4 is 48.3 Å². The van der Waals surface area contributed by atoms with Gasteiger partial charge in [-0.2, -0.15) is 4.98 Å². The largest absolute Gasteiger partial charge is 0.481 e. The molecule has 0 radical (unpaired) electrons. The summed E-state index contributed by atoms with van der Waals surface area (Å²) in [4.78, 5) is 10.1. The van der Waals surface area contributed by atoms with Crippen molar-refractivity contribution in [1.29, 1.82) is 0 Å². The maximum absolute atomic E-state index is 6.41. The molecule has 1 aliphatic rings. The van der Waals surface area contributed by atoms with E-state index in [0.717, 1.165) is 16.2 Å². The first kappa shape index (κ1) is 39.4. The molecule has 0 bridgehead atoms. The van der Waals surface area contributed by atoms with E-state index < -0.39 is 22.1 Å². The van der Waals surface area contributed by atoms with Gasteiger partial charge >= 0.3 is 0 Å². The minimum absolute atomic E-state index is 0.383. The molecular weight excluding hydrogens is 706 g/mol. The number of benzene rings is 4. The van der Waals surface area contributed by atoms with Crippen LogP contribution in [-0.2, 0) is 9.47 Å². The zero-order chi connectivity index (χ0) is 38.8. The molecule has 0 N–H and O–H groups in total. The molecule has 6 rings (SSSR count). The number of aromatic nitrogens is 1. The van der Waals surface area contributed by atoms with Crippen molar-refractivity contribution in [3.05, 3.63) is 140 Å². The lowest BCUT2D eigenvalue weighted by molar-refractivity contribution is 0.0930. The van der Waals surface area contributed by atoms with Crippen molar-refractivity contribution in [1.82, 2.24) is 4.98 Å². The highest BCUT2D eigenvalue weighted by atomic mass is 31.1. The number of ether oxygens (including phenoxy) is 4. The predicted molar refractivity (Wildman–Crippen MR) is 229 cm³/mol. The molecule has 54 heavy (non-hydrogen) atoms. The van der Waals surface area contributed by atoms with Crippen LogP contribution in [0, 0.1) is 55.4 Å². The molecule has 2 heterocycles. The first-order valence-electron chi connectivity index (χ1n) is 18.2. The van der Waals surface area contributed by atoms with Gasteiger partial charge in [0, 0.05) is 24.8 Å². The quantitative estimate of drug-likeness (QED) is 0.134. The standard InChI is InChI=1S/C46H52N2O4P2/c1-27-13-28(2)18-35(17-27)53(36-19-29(3)14-30(4)20-36)39-25-41(49-9)47-45(51-11)43(39)44-40(26-42(50-10)48-46(44)52-12)54(37-21-31(5)15-32(6)22-37)38-23-33(7)16-34(8)24-38/h13-26,43,45H,1-12H3/t43?,45-/m0/s1. The Bertz CT molecular complexity index is 2080. The highest BCUT2D eigenvalue weighted by Gasteiger charge is 2.41. The average Bonchev–Trinajstić information content (AvgIpc) is 3.09. The van der Waals surface area contributed by atoms with Crippen LogP contribution in [0.25, 0.3) is 0 Å². The number of aryl methyl sites for hydroxylation is 8. The normalized spacial score (nSPS) is 15.7. The van der Waals surface area contributed by atoms with Crippen LogP contribution in [0.1, 0.15) is 56.0 Å². The second-order valence-corrected chi connectivity index (χ2v) is 18.9. The number of nitrogens with zero attached hydrogens (tertiary/aromatic N) is 2. The molecule has 0 spiro atoms. The molecule has 4 aromatic carbocycles. The summed E-state index contributed by atoms with van der Waals surface area (Å²) in [5.74, 6) is 1.14. The van der Waals surface area contributed by atoms with Crippen LogP contribution < -0.4 is 36.0 Å². The molecule has 0 aliphatic carbocycles. The SMILES string of the molecule is COC1=N[C@@H](OC)C(c2c(P(c3cc(C)cc(C)c3)c3cc(C)cc(C)c3)cc(OC)nc2OC)C(P(c2cc(C)cc(C)c2)c2cc(C)cc(C)c2)=C1. The topological polar surface area (TPSA) is 62.2 Å². The number of aliphatic imine (C=N–C) groups is 1. The van der Waals surface area contributed by atoms with Gasteiger partial charge in [0.05, 0.1) is 27.2 Å². The highest BCUT2D eigenvalue weighted by Crippen LogP contribution is 2.55. The third-order valence-corrected chi connectivity index (χ3v) is 14.5. The monoisotopic (exact) mass is 758 g/mol. The van der Waals surface area contributed by atoms with E-state index in [1.807, 2.05) is 0 Å². The third kappa shape index (κ3) is 8.32. The predicted octanol–water partition coefficient (Wildman–Crippen LogP) is 8.46. The summed E-state index contributed by atoms with van der Waals surface area (Å²) < 4.78 is 24.6.